The Labute approximate surface area is 99.0 Å². The van der Waals surface area contributed by atoms with E-state index in [2.05, 4.69) is 38.2 Å². The van der Waals surface area contributed by atoms with E-state index >= 15 is 0 Å². The van der Waals surface area contributed by atoms with Gasteiger partial charge >= 0.3 is 0 Å². The number of hydrogen-bond acceptors (Lipinski definition) is 2. The fourth-order valence-corrected chi connectivity index (χ4v) is 1.74. The van der Waals surface area contributed by atoms with E-state index in [1.165, 1.54) is 23.1 Å². The Morgan fingerprint density at radius 1 is 1.12 bits per heavy atom. The van der Waals surface area contributed by atoms with Gasteiger partial charge in [-0.25, -0.2) is 0 Å². The van der Waals surface area contributed by atoms with Gasteiger partial charge in [-0.05, 0) is 70.0 Å². The largest absolute Gasteiger partial charge is 0.493 e. The number of unbranched alkanes of at least 4 members (excludes halogenated alkanes) is 1. The normalized spacial score (nSPS) is 10.5. The molecule has 90 valence electrons. The zero-order chi connectivity index (χ0) is 12.0. The molecule has 1 aromatic rings. The molecule has 0 spiro atoms. The summed E-state index contributed by atoms with van der Waals surface area (Å²) in [6.45, 7) is 8.24. The minimum atomic E-state index is 0.811. The van der Waals surface area contributed by atoms with E-state index in [0.717, 1.165) is 25.3 Å². The second-order valence-corrected chi connectivity index (χ2v) is 4.36. The number of hydrogen-bond donors (Lipinski definition) is 1. The van der Waals surface area contributed by atoms with Gasteiger partial charge in [-0.2, -0.15) is 0 Å². The lowest BCUT2D eigenvalue weighted by Gasteiger charge is -2.12. The maximum absolute atomic E-state index is 5.82. The van der Waals surface area contributed by atoms with Crippen LogP contribution in [0.4, 0.5) is 0 Å². The van der Waals surface area contributed by atoms with Gasteiger partial charge in [0.15, 0.2) is 0 Å². The van der Waals surface area contributed by atoms with Crippen LogP contribution in [0.2, 0.25) is 0 Å². The molecular weight excluding hydrogens is 198 g/mol. The highest BCUT2D eigenvalue weighted by atomic mass is 16.5. The van der Waals surface area contributed by atoms with Crippen LogP contribution in [0.5, 0.6) is 5.75 Å². The smallest absolute Gasteiger partial charge is 0.122 e. The molecule has 0 saturated carbocycles. The minimum Gasteiger partial charge on any atom is -0.493 e. The molecule has 0 radical (unpaired) electrons. The molecule has 0 aliphatic carbocycles. The molecule has 2 nitrogen and oxygen atoms in total. The third kappa shape index (κ3) is 3.86. The van der Waals surface area contributed by atoms with Crippen LogP contribution in [0.1, 0.15) is 29.5 Å². The predicted octanol–water partition coefficient (Wildman–Crippen LogP) is 2.99. The summed E-state index contributed by atoms with van der Waals surface area (Å²) in [5.74, 6) is 1.04. The highest BCUT2D eigenvalue weighted by molar-refractivity contribution is 5.41. The fourth-order valence-electron chi connectivity index (χ4n) is 1.74. The van der Waals surface area contributed by atoms with Crippen molar-refractivity contribution in [3.63, 3.8) is 0 Å². The zero-order valence-corrected chi connectivity index (χ0v) is 10.9. The Hall–Kier alpha value is -1.02. The van der Waals surface area contributed by atoms with Crippen molar-refractivity contribution in [2.75, 3.05) is 20.2 Å². The molecule has 0 saturated heterocycles. The maximum atomic E-state index is 5.82. The van der Waals surface area contributed by atoms with Gasteiger partial charge in [-0.1, -0.05) is 6.07 Å². The maximum Gasteiger partial charge on any atom is 0.122 e. The molecule has 16 heavy (non-hydrogen) atoms. The summed E-state index contributed by atoms with van der Waals surface area (Å²) >= 11 is 0. The summed E-state index contributed by atoms with van der Waals surface area (Å²) in [6.07, 6.45) is 2.27. The van der Waals surface area contributed by atoms with Crippen LogP contribution in [0.3, 0.4) is 0 Å². The number of aryl methyl sites for hydroxylation is 2. The molecule has 1 rings (SSSR count). The quantitative estimate of drug-likeness (QED) is 0.746. The molecule has 0 fully saturated rings. The highest BCUT2D eigenvalue weighted by Gasteiger charge is 2.03. The van der Waals surface area contributed by atoms with Gasteiger partial charge in [0.25, 0.3) is 0 Å². The summed E-state index contributed by atoms with van der Waals surface area (Å²) in [6, 6.07) is 4.32. The molecule has 1 N–H and O–H groups in total. The number of benzene rings is 1. The van der Waals surface area contributed by atoms with E-state index in [-0.39, 0.29) is 0 Å². The second kappa shape index (κ2) is 6.54. The summed E-state index contributed by atoms with van der Waals surface area (Å²) in [5, 5.41) is 3.14. The second-order valence-electron chi connectivity index (χ2n) is 4.36. The molecule has 0 bridgehead atoms. The zero-order valence-electron chi connectivity index (χ0n) is 10.9. The van der Waals surface area contributed by atoms with Gasteiger partial charge in [0, 0.05) is 0 Å². The number of rotatable bonds is 6. The average molecular weight is 221 g/mol. The Morgan fingerprint density at radius 2 is 1.88 bits per heavy atom. The monoisotopic (exact) mass is 221 g/mol. The summed E-state index contributed by atoms with van der Waals surface area (Å²) in [5.41, 5.74) is 3.85. The van der Waals surface area contributed by atoms with Crippen molar-refractivity contribution in [3.05, 3.63) is 28.8 Å². The molecular formula is C14H23NO. The van der Waals surface area contributed by atoms with Crippen LogP contribution in [0.25, 0.3) is 0 Å². The van der Waals surface area contributed by atoms with Gasteiger partial charge in [0.2, 0.25) is 0 Å². The fraction of sp³-hybridized carbons (Fsp3) is 0.571. The van der Waals surface area contributed by atoms with Crippen molar-refractivity contribution in [2.45, 2.75) is 33.6 Å². The van der Waals surface area contributed by atoms with E-state index < -0.39 is 0 Å². The Morgan fingerprint density at radius 3 is 2.56 bits per heavy atom. The van der Waals surface area contributed by atoms with Crippen LogP contribution in [-0.4, -0.2) is 20.2 Å². The third-order valence-corrected chi connectivity index (χ3v) is 2.84. The van der Waals surface area contributed by atoms with E-state index in [0.29, 0.717) is 0 Å². The molecule has 0 aliphatic rings. The van der Waals surface area contributed by atoms with E-state index in [9.17, 15) is 0 Å². The molecule has 0 atom stereocenters. The topological polar surface area (TPSA) is 21.3 Å². The van der Waals surface area contributed by atoms with Crippen molar-refractivity contribution >= 4 is 0 Å². The highest BCUT2D eigenvalue weighted by Crippen LogP contribution is 2.23. The number of nitrogens with one attached hydrogen (secondary N) is 1. The van der Waals surface area contributed by atoms with Crippen molar-refractivity contribution < 1.29 is 4.74 Å². The SMILES string of the molecule is CNCCCCOc1cc(C)cc(C)c1C. The molecule has 0 heterocycles. The molecule has 0 aromatic heterocycles. The summed E-state index contributed by atoms with van der Waals surface area (Å²) in [4.78, 5) is 0. The third-order valence-electron chi connectivity index (χ3n) is 2.84. The summed E-state index contributed by atoms with van der Waals surface area (Å²) < 4.78 is 5.82. The summed E-state index contributed by atoms with van der Waals surface area (Å²) in [7, 11) is 1.98. The average Bonchev–Trinajstić information content (AvgIpc) is 2.24. The first kappa shape index (κ1) is 13.0. The first-order valence-corrected chi connectivity index (χ1v) is 6.00. The van der Waals surface area contributed by atoms with Gasteiger partial charge in [-0.15, -0.1) is 0 Å². The van der Waals surface area contributed by atoms with E-state index in [1.54, 1.807) is 0 Å². The van der Waals surface area contributed by atoms with Gasteiger partial charge < -0.3 is 10.1 Å². The Balaban J connectivity index is 2.47. The lowest BCUT2D eigenvalue weighted by Crippen LogP contribution is -2.09. The van der Waals surface area contributed by atoms with Gasteiger partial charge in [0.05, 0.1) is 6.61 Å². The van der Waals surface area contributed by atoms with Gasteiger partial charge in [0.1, 0.15) is 5.75 Å². The van der Waals surface area contributed by atoms with E-state index in [1.807, 2.05) is 7.05 Å². The van der Waals surface area contributed by atoms with Crippen LogP contribution in [0.15, 0.2) is 12.1 Å². The molecule has 1 aromatic carbocycles. The molecule has 0 unspecified atom stereocenters. The number of ether oxygens (including phenoxy) is 1. The van der Waals surface area contributed by atoms with Gasteiger partial charge in [-0.3, -0.25) is 0 Å². The van der Waals surface area contributed by atoms with Crippen LogP contribution < -0.4 is 10.1 Å². The van der Waals surface area contributed by atoms with Crippen molar-refractivity contribution in [1.29, 1.82) is 0 Å². The van der Waals surface area contributed by atoms with Crippen molar-refractivity contribution in [1.82, 2.24) is 5.32 Å². The molecule has 0 aliphatic heterocycles. The predicted molar refractivity (Wildman–Crippen MR) is 69.3 cm³/mol. The van der Waals surface area contributed by atoms with E-state index in [4.69, 9.17) is 4.74 Å². The molecule has 0 amide bonds. The van der Waals surface area contributed by atoms with Crippen molar-refractivity contribution in [3.8, 4) is 5.75 Å². The standard InChI is InChI=1S/C14H23NO/c1-11-9-12(2)13(3)14(10-11)16-8-6-5-7-15-4/h9-10,15H,5-8H2,1-4H3. The Kier molecular flexibility index (Phi) is 5.33. The Bertz CT molecular complexity index is 334. The lowest BCUT2D eigenvalue weighted by atomic mass is 10.1. The first-order valence-electron chi connectivity index (χ1n) is 6.00. The van der Waals surface area contributed by atoms with Crippen LogP contribution in [0, 0.1) is 20.8 Å². The molecule has 2 heteroatoms. The van der Waals surface area contributed by atoms with Crippen molar-refractivity contribution in [2.24, 2.45) is 0 Å². The lowest BCUT2D eigenvalue weighted by molar-refractivity contribution is 0.304. The van der Waals surface area contributed by atoms with Crippen LogP contribution in [-0.2, 0) is 0 Å². The first-order chi connectivity index (χ1) is 7.65. The minimum absolute atomic E-state index is 0.811. The van der Waals surface area contributed by atoms with Crippen LogP contribution >= 0.6 is 0 Å².